The lowest BCUT2D eigenvalue weighted by molar-refractivity contribution is -0.118. The Morgan fingerprint density at radius 2 is 1.79 bits per heavy atom. The zero-order chi connectivity index (χ0) is 23.9. The van der Waals surface area contributed by atoms with Gasteiger partial charge in [-0.3, -0.25) is 4.79 Å². The minimum atomic E-state index is -0.215. The van der Waals surface area contributed by atoms with Gasteiger partial charge in [-0.2, -0.15) is 10.2 Å². The summed E-state index contributed by atoms with van der Waals surface area (Å²) in [5, 5.41) is 17.8. The molecule has 2 aromatic carbocycles. The molecule has 0 spiro atoms. The van der Waals surface area contributed by atoms with Gasteiger partial charge in [-0.15, -0.1) is 10.2 Å². The molecule has 174 valence electrons. The summed E-state index contributed by atoms with van der Waals surface area (Å²) in [6.07, 6.45) is 1.63. The number of carbonyl (C=O) groups is 1. The molecular formula is C23H21ClN6OS3. The Morgan fingerprint density at radius 3 is 2.56 bits per heavy atom. The fourth-order valence-electron chi connectivity index (χ4n) is 3.06. The van der Waals surface area contributed by atoms with E-state index in [1.807, 2.05) is 73.1 Å². The number of aromatic nitrogens is 4. The quantitative estimate of drug-likeness (QED) is 0.175. The average Bonchev–Trinajstić information content (AvgIpc) is 3.42. The number of thioether (sulfide) groups is 2. The predicted octanol–water partition coefficient (Wildman–Crippen LogP) is 5.53. The third-order valence-electron chi connectivity index (χ3n) is 4.75. The molecule has 1 N–H and O–H groups in total. The van der Waals surface area contributed by atoms with Gasteiger partial charge in [0, 0.05) is 16.3 Å². The molecule has 4 aromatic rings. The summed E-state index contributed by atoms with van der Waals surface area (Å²) in [5.74, 6) is 0.698. The van der Waals surface area contributed by atoms with Crippen molar-refractivity contribution in [1.82, 2.24) is 25.4 Å². The van der Waals surface area contributed by atoms with Gasteiger partial charge < -0.3 is 0 Å². The molecule has 0 aliphatic carbocycles. The first-order valence-corrected chi connectivity index (χ1v) is 13.4. The second-order valence-corrected chi connectivity index (χ2v) is 11.0. The minimum absolute atomic E-state index is 0.197. The van der Waals surface area contributed by atoms with E-state index >= 15 is 0 Å². The van der Waals surface area contributed by atoms with E-state index in [-0.39, 0.29) is 11.7 Å². The fourth-order valence-corrected chi connectivity index (χ4v) is 6.16. The van der Waals surface area contributed by atoms with Gasteiger partial charge in [0.25, 0.3) is 5.91 Å². The molecule has 1 amide bonds. The maximum absolute atomic E-state index is 12.2. The predicted molar refractivity (Wildman–Crippen MR) is 140 cm³/mol. The lowest BCUT2D eigenvalue weighted by Crippen LogP contribution is -2.19. The Hall–Kier alpha value is -2.66. The first-order valence-electron chi connectivity index (χ1n) is 10.3. The van der Waals surface area contributed by atoms with Crippen LogP contribution in [-0.2, 0) is 10.5 Å². The number of hydrazone groups is 1. The van der Waals surface area contributed by atoms with E-state index < -0.39 is 0 Å². The second kappa shape index (κ2) is 11.7. The number of hydrogen-bond donors (Lipinski definition) is 1. The molecule has 34 heavy (non-hydrogen) atoms. The zero-order valence-corrected chi connectivity index (χ0v) is 21.6. The molecule has 4 rings (SSSR count). The van der Waals surface area contributed by atoms with Gasteiger partial charge in [0.05, 0.1) is 29.0 Å². The topological polar surface area (TPSA) is 85.1 Å². The van der Waals surface area contributed by atoms with Crippen molar-refractivity contribution in [2.75, 3.05) is 5.75 Å². The smallest absolute Gasteiger partial charge is 0.250 e. The monoisotopic (exact) mass is 528 g/mol. The maximum atomic E-state index is 12.2. The van der Waals surface area contributed by atoms with Gasteiger partial charge in [0.15, 0.2) is 8.68 Å². The number of rotatable bonds is 9. The van der Waals surface area contributed by atoms with E-state index in [0.29, 0.717) is 5.75 Å². The number of halogens is 1. The molecule has 7 nitrogen and oxygen atoms in total. The molecular weight excluding hydrogens is 508 g/mol. The van der Waals surface area contributed by atoms with Crippen molar-refractivity contribution in [3.05, 3.63) is 82.1 Å². The van der Waals surface area contributed by atoms with Gasteiger partial charge in [-0.05, 0) is 37.6 Å². The normalized spacial score (nSPS) is 11.3. The Morgan fingerprint density at radius 1 is 1.09 bits per heavy atom. The third kappa shape index (κ3) is 6.26. The maximum Gasteiger partial charge on any atom is 0.250 e. The van der Waals surface area contributed by atoms with Crippen molar-refractivity contribution in [2.24, 2.45) is 5.10 Å². The number of nitrogens with one attached hydrogen (secondary N) is 1. The number of benzene rings is 2. The molecule has 0 radical (unpaired) electrons. The van der Waals surface area contributed by atoms with Crippen LogP contribution in [0.2, 0.25) is 5.02 Å². The first-order chi connectivity index (χ1) is 16.5. The van der Waals surface area contributed by atoms with Crippen molar-refractivity contribution >= 4 is 58.6 Å². The highest BCUT2D eigenvalue weighted by Crippen LogP contribution is 2.32. The molecule has 0 fully saturated rings. The van der Waals surface area contributed by atoms with Crippen molar-refractivity contribution in [3.8, 4) is 5.69 Å². The second-order valence-electron chi connectivity index (χ2n) is 7.13. The van der Waals surface area contributed by atoms with Crippen molar-refractivity contribution < 1.29 is 4.79 Å². The summed E-state index contributed by atoms with van der Waals surface area (Å²) in [6.45, 7) is 3.89. The Labute approximate surface area is 215 Å². The van der Waals surface area contributed by atoms with Crippen LogP contribution in [0.1, 0.15) is 22.5 Å². The number of carbonyl (C=O) groups excluding carboxylic acids is 1. The largest absolute Gasteiger partial charge is 0.272 e. The molecule has 2 heterocycles. The van der Waals surface area contributed by atoms with Gasteiger partial charge >= 0.3 is 0 Å². The molecule has 2 aromatic heterocycles. The summed E-state index contributed by atoms with van der Waals surface area (Å²) in [6, 6.07) is 17.6. The number of aryl methyl sites for hydroxylation is 1. The van der Waals surface area contributed by atoms with Gasteiger partial charge in [0.2, 0.25) is 0 Å². The van der Waals surface area contributed by atoms with Crippen LogP contribution in [0.25, 0.3) is 5.69 Å². The summed E-state index contributed by atoms with van der Waals surface area (Å²) >= 11 is 10.6. The highest BCUT2D eigenvalue weighted by Gasteiger charge is 2.12. The lowest BCUT2D eigenvalue weighted by Gasteiger charge is -2.03. The highest BCUT2D eigenvalue weighted by atomic mass is 35.5. The van der Waals surface area contributed by atoms with Crippen molar-refractivity contribution in [3.63, 3.8) is 0 Å². The standard InChI is InChI=1S/C23H21ClN6OS3/c1-15-19(16(2)30(29-15)18-9-4-3-5-10-18)12-25-26-21(31)14-33-23-28-27-22(34-23)32-13-17-8-6-7-11-20(17)24/h3-12H,13-14H2,1-2H3,(H,26,31). The third-order valence-corrected chi connectivity index (χ3v) is 8.36. The first kappa shape index (κ1) is 24.5. The van der Waals surface area contributed by atoms with E-state index in [4.69, 9.17) is 11.6 Å². The van der Waals surface area contributed by atoms with Crippen LogP contribution < -0.4 is 5.43 Å². The zero-order valence-electron chi connectivity index (χ0n) is 18.4. The molecule has 0 atom stereocenters. The Balaban J connectivity index is 1.27. The van der Waals surface area contributed by atoms with Gasteiger partial charge in [-0.1, -0.05) is 82.9 Å². The molecule has 0 aliphatic heterocycles. The highest BCUT2D eigenvalue weighted by molar-refractivity contribution is 8.03. The van der Waals surface area contributed by atoms with E-state index in [2.05, 4.69) is 25.8 Å². The SMILES string of the molecule is Cc1nn(-c2ccccc2)c(C)c1C=NNC(=O)CSc1nnc(SCc2ccccc2Cl)s1. The molecule has 0 bridgehead atoms. The van der Waals surface area contributed by atoms with E-state index in [1.54, 1.807) is 18.0 Å². The van der Waals surface area contributed by atoms with E-state index in [1.165, 1.54) is 23.1 Å². The van der Waals surface area contributed by atoms with Crippen LogP contribution in [0.15, 0.2) is 68.4 Å². The van der Waals surface area contributed by atoms with Gasteiger partial charge in [0.1, 0.15) is 0 Å². The van der Waals surface area contributed by atoms with Crippen LogP contribution in [0.3, 0.4) is 0 Å². The van der Waals surface area contributed by atoms with E-state index in [9.17, 15) is 4.79 Å². The van der Waals surface area contributed by atoms with Crippen LogP contribution in [-0.4, -0.2) is 37.9 Å². The van der Waals surface area contributed by atoms with Gasteiger partial charge in [-0.25, -0.2) is 10.1 Å². The van der Waals surface area contributed by atoms with Crippen LogP contribution in [0.5, 0.6) is 0 Å². The lowest BCUT2D eigenvalue weighted by atomic mass is 10.2. The average molecular weight is 529 g/mol. The summed E-state index contributed by atoms with van der Waals surface area (Å²) in [7, 11) is 0. The van der Waals surface area contributed by atoms with Crippen molar-refractivity contribution in [1.29, 1.82) is 0 Å². The van der Waals surface area contributed by atoms with E-state index in [0.717, 1.165) is 41.9 Å². The summed E-state index contributed by atoms with van der Waals surface area (Å²) < 4.78 is 3.43. The fraction of sp³-hybridized carbons (Fsp3) is 0.174. The Kier molecular flexibility index (Phi) is 8.39. The number of para-hydroxylation sites is 1. The van der Waals surface area contributed by atoms with Crippen LogP contribution in [0.4, 0.5) is 0 Å². The molecule has 0 saturated heterocycles. The van der Waals surface area contributed by atoms with Crippen LogP contribution >= 0.6 is 46.5 Å². The molecule has 11 heteroatoms. The summed E-state index contributed by atoms with van der Waals surface area (Å²) in [5.41, 5.74) is 7.27. The number of hydrogen-bond acceptors (Lipinski definition) is 8. The number of amides is 1. The summed E-state index contributed by atoms with van der Waals surface area (Å²) in [4.78, 5) is 12.2. The van der Waals surface area contributed by atoms with Crippen LogP contribution in [0, 0.1) is 13.8 Å². The van der Waals surface area contributed by atoms with Crippen molar-refractivity contribution in [2.45, 2.75) is 28.3 Å². The molecule has 0 saturated carbocycles. The molecule has 0 aliphatic rings. The molecule has 0 unspecified atom stereocenters. The number of nitrogens with zero attached hydrogens (tertiary/aromatic N) is 5. The minimum Gasteiger partial charge on any atom is -0.272 e. The Bertz CT molecular complexity index is 1310.